The van der Waals surface area contributed by atoms with Crippen LogP contribution in [0.3, 0.4) is 0 Å². The van der Waals surface area contributed by atoms with Crippen LogP contribution in [0.5, 0.6) is 5.75 Å². The minimum Gasteiger partial charge on any atom is -0.507 e. The van der Waals surface area contributed by atoms with Crippen molar-refractivity contribution in [2.45, 2.75) is 11.3 Å². The number of hydrogen-bond donors (Lipinski definition) is 2. The molecule has 0 fully saturated rings. The van der Waals surface area contributed by atoms with Crippen LogP contribution >= 0.6 is 0 Å². The minimum atomic E-state index is -3.36. The normalized spacial score (nSPS) is 16.9. The second kappa shape index (κ2) is 3.92. The van der Waals surface area contributed by atoms with Gasteiger partial charge in [-0.25, -0.2) is 8.42 Å². The molecule has 1 aliphatic rings. The number of phenolic OH excluding ortho intramolecular Hbond substituents is 1. The van der Waals surface area contributed by atoms with Gasteiger partial charge in [-0.05, 0) is 37.7 Å². The fourth-order valence-electron chi connectivity index (χ4n) is 1.83. The topological polar surface area (TPSA) is 66.4 Å². The Morgan fingerprint density at radius 1 is 1.38 bits per heavy atom. The molecule has 0 saturated heterocycles. The van der Waals surface area contributed by atoms with E-state index in [0.717, 1.165) is 0 Å². The van der Waals surface area contributed by atoms with Gasteiger partial charge < -0.3 is 10.4 Å². The zero-order valence-electron chi connectivity index (χ0n) is 8.90. The zero-order valence-corrected chi connectivity index (χ0v) is 9.71. The molecule has 1 aliphatic heterocycles. The Morgan fingerprint density at radius 3 is 2.81 bits per heavy atom. The lowest BCUT2D eigenvalue weighted by atomic mass is 10.0. The first-order valence-electron chi connectivity index (χ1n) is 4.99. The Balaban J connectivity index is 2.53. The molecule has 5 heteroatoms. The summed E-state index contributed by atoms with van der Waals surface area (Å²) >= 11 is 0. The number of phenols is 1. The van der Waals surface area contributed by atoms with Crippen LogP contribution < -0.4 is 5.32 Å². The van der Waals surface area contributed by atoms with E-state index in [1.807, 2.05) is 0 Å². The maximum absolute atomic E-state index is 11.8. The highest BCUT2D eigenvalue weighted by atomic mass is 32.2. The van der Waals surface area contributed by atoms with Crippen molar-refractivity contribution in [2.75, 3.05) is 13.6 Å². The van der Waals surface area contributed by atoms with E-state index in [9.17, 15) is 13.5 Å². The Hall–Kier alpha value is -1.33. The maximum atomic E-state index is 11.8. The first kappa shape index (κ1) is 11.2. The van der Waals surface area contributed by atoms with Gasteiger partial charge in [0.15, 0.2) is 0 Å². The molecule has 1 heterocycles. The van der Waals surface area contributed by atoms with Crippen molar-refractivity contribution in [3.8, 4) is 5.75 Å². The van der Waals surface area contributed by atoms with E-state index in [1.54, 1.807) is 13.1 Å². The van der Waals surface area contributed by atoms with Gasteiger partial charge in [0.2, 0.25) is 9.84 Å². The number of nitrogens with one attached hydrogen (secondary N) is 1. The smallest absolute Gasteiger partial charge is 0.200 e. The molecule has 0 aliphatic carbocycles. The van der Waals surface area contributed by atoms with Gasteiger partial charge in [0.05, 0.1) is 4.90 Å². The summed E-state index contributed by atoms with van der Waals surface area (Å²) in [5.41, 5.74) is 1.13. The van der Waals surface area contributed by atoms with Crippen molar-refractivity contribution in [2.24, 2.45) is 0 Å². The van der Waals surface area contributed by atoms with Crippen molar-refractivity contribution < 1.29 is 13.5 Å². The minimum absolute atomic E-state index is 0.0286. The van der Waals surface area contributed by atoms with Crippen LogP contribution in [0.15, 0.2) is 28.5 Å². The van der Waals surface area contributed by atoms with Crippen LogP contribution in [-0.4, -0.2) is 27.1 Å². The molecule has 2 N–H and O–H groups in total. The van der Waals surface area contributed by atoms with Gasteiger partial charge in [0.1, 0.15) is 5.75 Å². The summed E-state index contributed by atoms with van der Waals surface area (Å²) in [5.74, 6) is 0.0286. The molecule has 2 rings (SSSR count). The van der Waals surface area contributed by atoms with Crippen molar-refractivity contribution in [1.29, 1.82) is 0 Å². The summed E-state index contributed by atoms with van der Waals surface area (Å²) in [4.78, 5) is 0.207. The number of benzene rings is 1. The van der Waals surface area contributed by atoms with Gasteiger partial charge in [-0.3, -0.25) is 0 Å². The Bertz CT molecular complexity index is 546. The first-order valence-corrected chi connectivity index (χ1v) is 6.53. The van der Waals surface area contributed by atoms with E-state index >= 15 is 0 Å². The summed E-state index contributed by atoms with van der Waals surface area (Å²) in [7, 11) is -1.56. The molecule has 0 atom stereocenters. The molecule has 0 unspecified atom stereocenters. The Labute approximate surface area is 94.5 Å². The molecule has 0 bridgehead atoms. The summed E-state index contributed by atoms with van der Waals surface area (Å²) in [6.07, 6.45) is 0.584. The summed E-state index contributed by atoms with van der Waals surface area (Å²) in [6.45, 7) is 0.676. The monoisotopic (exact) mass is 239 g/mol. The average molecular weight is 239 g/mol. The third-order valence-electron chi connectivity index (χ3n) is 2.57. The molecule has 0 spiro atoms. The highest BCUT2D eigenvalue weighted by molar-refractivity contribution is 7.95. The van der Waals surface area contributed by atoms with Crippen LogP contribution in [0.1, 0.15) is 12.0 Å². The van der Waals surface area contributed by atoms with Crippen LogP contribution in [0.25, 0.3) is 5.57 Å². The van der Waals surface area contributed by atoms with Gasteiger partial charge >= 0.3 is 0 Å². The second-order valence-electron chi connectivity index (χ2n) is 3.69. The Morgan fingerprint density at radius 2 is 2.12 bits per heavy atom. The fourth-order valence-corrected chi connectivity index (χ4v) is 3.36. The van der Waals surface area contributed by atoms with Crippen molar-refractivity contribution in [3.05, 3.63) is 29.2 Å². The van der Waals surface area contributed by atoms with Crippen LogP contribution in [0, 0.1) is 0 Å². The summed E-state index contributed by atoms with van der Waals surface area (Å²) in [5, 5.41) is 13.9. The van der Waals surface area contributed by atoms with Crippen LogP contribution in [-0.2, 0) is 9.84 Å². The van der Waals surface area contributed by atoms with Crippen molar-refractivity contribution in [1.82, 2.24) is 5.32 Å². The zero-order chi connectivity index (χ0) is 11.8. The van der Waals surface area contributed by atoms with E-state index < -0.39 is 9.84 Å². The number of aromatic hydroxyl groups is 1. The summed E-state index contributed by atoms with van der Waals surface area (Å²) < 4.78 is 23.5. The van der Waals surface area contributed by atoms with Gasteiger partial charge in [0, 0.05) is 11.0 Å². The number of sulfone groups is 1. The molecule has 0 saturated carbocycles. The lowest BCUT2D eigenvalue weighted by Crippen LogP contribution is -2.07. The van der Waals surface area contributed by atoms with E-state index in [4.69, 9.17) is 0 Å². The molecular formula is C11H13NO3S. The van der Waals surface area contributed by atoms with Crippen molar-refractivity contribution in [3.63, 3.8) is 0 Å². The standard InChI is InChI=1S/C11H13NO3S/c1-12-6-5-8-7-16(14,15)10-4-2-3-9(13)11(8)10/h2-4,7,12-13H,5-6H2,1H3. The van der Waals surface area contributed by atoms with Gasteiger partial charge in [-0.15, -0.1) is 0 Å². The fraction of sp³-hybridized carbons (Fsp3) is 0.273. The third kappa shape index (κ3) is 1.72. The predicted molar refractivity (Wildman–Crippen MR) is 61.8 cm³/mol. The second-order valence-corrected chi connectivity index (χ2v) is 5.46. The highest BCUT2D eigenvalue weighted by Crippen LogP contribution is 2.40. The van der Waals surface area contributed by atoms with E-state index in [0.29, 0.717) is 24.1 Å². The van der Waals surface area contributed by atoms with Crippen molar-refractivity contribution >= 4 is 15.4 Å². The predicted octanol–water partition coefficient (Wildman–Crippen LogP) is 1.13. The number of fused-ring (bicyclic) bond motifs is 1. The molecule has 1 aromatic rings. The number of hydrogen-bond acceptors (Lipinski definition) is 4. The van der Waals surface area contributed by atoms with E-state index in [-0.39, 0.29) is 10.6 Å². The van der Waals surface area contributed by atoms with E-state index in [1.165, 1.54) is 17.5 Å². The lowest BCUT2D eigenvalue weighted by Gasteiger charge is -2.06. The molecule has 0 aromatic heterocycles. The molecule has 0 amide bonds. The van der Waals surface area contributed by atoms with Gasteiger partial charge in [-0.2, -0.15) is 0 Å². The first-order chi connectivity index (χ1) is 7.56. The Kier molecular flexibility index (Phi) is 2.73. The van der Waals surface area contributed by atoms with Crippen LogP contribution in [0.4, 0.5) is 0 Å². The largest absolute Gasteiger partial charge is 0.507 e. The quantitative estimate of drug-likeness (QED) is 0.829. The molecule has 86 valence electrons. The molecule has 4 nitrogen and oxygen atoms in total. The molecule has 16 heavy (non-hydrogen) atoms. The average Bonchev–Trinajstić information content (AvgIpc) is 2.49. The molecular weight excluding hydrogens is 226 g/mol. The van der Waals surface area contributed by atoms with Gasteiger partial charge in [-0.1, -0.05) is 6.07 Å². The summed E-state index contributed by atoms with van der Waals surface area (Å²) in [6, 6.07) is 4.57. The van der Waals surface area contributed by atoms with E-state index in [2.05, 4.69) is 5.32 Å². The molecule has 0 radical (unpaired) electrons. The third-order valence-corrected chi connectivity index (χ3v) is 4.12. The maximum Gasteiger partial charge on any atom is 0.200 e. The van der Waals surface area contributed by atoms with Gasteiger partial charge in [0.25, 0.3) is 0 Å². The number of rotatable bonds is 3. The molecule has 1 aromatic carbocycles. The van der Waals surface area contributed by atoms with Crippen LogP contribution in [0.2, 0.25) is 0 Å². The lowest BCUT2D eigenvalue weighted by molar-refractivity contribution is 0.471. The highest BCUT2D eigenvalue weighted by Gasteiger charge is 2.28. The SMILES string of the molecule is CNCCC1=CS(=O)(=O)c2cccc(O)c21.